The number of rotatable bonds is 4. The molecule has 132 valence electrons. The number of carbonyl (C=O) groups excluding carboxylic acids is 1. The van der Waals surface area contributed by atoms with E-state index in [4.69, 9.17) is 0 Å². The van der Waals surface area contributed by atoms with Crippen molar-refractivity contribution in [2.45, 2.75) is 39.3 Å². The number of carbonyl (C=O) groups is 1. The van der Waals surface area contributed by atoms with Gasteiger partial charge in [-0.25, -0.2) is 0 Å². The van der Waals surface area contributed by atoms with Gasteiger partial charge in [-0.2, -0.15) is 0 Å². The van der Waals surface area contributed by atoms with Gasteiger partial charge in [0.05, 0.1) is 6.54 Å². The van der Waals surface area contributed by atoms with Gasteiger partial charge in [0.25, 0.3) is 0 Å². The maximum Gasteiger partial charge on any atom is 0.236 e. The number of amides is 1. The molecule has 4 heteroatoms. The molecule has 0 aliphatic carbocycles. The van der Waals surface area contributed by atoms with Crippen molar-refractivity contribution in [3.05, 3.63) is 34.9 Å². The van der Waals surface area contributed by atoms with Crippen LogP contribution in [0.3, 0.4) is 0 Å². The summed E-state index contributed by atoms with van der Waals surface area (Å²) in [5, 5.41) is 0. The molecule has 1 aromatic carbocycles. The Hall–Kier alpha value is -1.39. The highest BCUT2D eigenvalue weighted by Gasteiger charge is 2.35. The Labute approximate surface area is 146 Å². The number of benzene rings is 1. The molecule has 3 aliphatic heterocycles. The zero-order chi connectivity index (χ0) is 17.3. The van der Waals surface area contributed by atoms with E-state index in [1.165, 1.54) is 36.1 Å². The zero-order valence-corrected chi connectivity index (χ0v) is 15.6. The highest BCUT2D eigenvalue weighted by atomic mass is 16.2. The summed E-state index contributed by atoms with van der Waals surface area (Å²) in [6.45, 7) is 9.27. The van der Waals surface area contributed by atoms with Gasteiger partial charge in [-0.15, -0.1) is 0 Å². The van der Waals surface area contributed by atoms with E-state index < -0.39 is 0 Å². The van der Waals surface area contributed by atoms with Crippen molar-refractivity contribution in [2.24, 2.45) is 5.92 Å². The van der Waals surface area contributed by atoms with E-state index in [2.05, 4.69) is 41.8 Å². The van der Waals surface area contributed by atoms with Crippen LogP contribution in [0.1, 0.15) is 29.5 Å². The van der Waals surface area contributed by atoms with Crippen LogP contribution >= 0.6 is 0 Å². The number of nitrogens with zero attached hydrogens (tertiary/aromatic N) is 3. The molecule has 0 saturated carbocycles. The summed E-state index contributed by atoms with van der Waals surface area (Å²) in [5.41, 5.74) is 4.19. The molecule has 4 rings (SSSR count). The topological polar surface area (TPSA) is 26.8 Å². The molecule has 3 saturated heterocycles. The van der Waals surface area contributed by atoms with Crippen LogP contribution in [0.15, 0.2) is 18.2 Å². The Morgan fingerprint density at radius 2 is 1.96 bits per heavy atom. The summed E-state index contributed by atoms with van der Waals surface area (Å²) in [6, 6.07) is 7.35. The molecule has 0 N–H and O–H groups in total. The Morgan fingerprint density at radius 3 is 2.71 bits per heavy atom. The molecule has 0 radical (unpaired) electrons. The normalized spacial score (nSPS) is 24.8. The van der Waals surface area contributed by atoms with Crippen LogP contribution in [-0.2, 0) is 11.3 Å². The minimum Gasteiger partial charge on any atom is -0.348 e. The number of aryl methyl sites for hydroxylation is 2. The van der Waals surface area contributed by atoms with Crippen LogP contribution < -0.4 is 0 Å². The minimum atomic E-state index is 0.220. The highest BCUT2D eigenvalue weighted by Crippen LogP contribution is 2.29. The summed E-state index contributed by atoms with van der Waals surface area (Å²) < 4.78 is 0. The molecule has 3 fully saturated rings. The standard InChI is InChI=1S/C20H31N3O/c1-15-5-6-16(2)18(9-15)12-23-11-17-7-8-19(23)13-22(10-17)14-20(24)21(3)4/h5-6,9,17,19H,7-8,10-14H2,1-4H3/t17-,19+/m1/s1. The Bertz CT molecular complexity index is 599. The predicted octanol–water partition coefficient (Wildman–Crippen LogP) is 2.29. The second-order valence-electron chi connectivity index (χ2n) is 7.94. The van der Waals surface area contributed by atoms with Crippen molar-refractivity contribution in [2.75, 3.05) is 40.3 Å². The van der Waals surface area contributed by atoms with E-state index in [9.17, 15) is 4.79 Å². The van der Waals surface area contributed by atoms with E-state index in [-0.39, 0.29) is 5.91 Å². The van der Waals surface area contributed by atoms with E-state index in [0.29, 0.717) is 18.5 Å². The number of hydrogen-bond donors (Lipinski definition) is 0. The first kappa shape index (κ1) is 17.4. The smallest absolute Gasteiger partial charge is 0.236 e. The van der Waals surface area contributed by atoms with Gasteiger partial charge in [-0.1, -0.05) is 23.8 Å². The fourth-order valence-corrected chi connectivity index (χ4v) is 4.12. The second-order valence-corrected chi connectivity index (χ2v) is 7.94. The maximum absolute atomic E-state index is 12.1. The van der Waals surface area contributed by atoms with Gasteiger partial charge in [0.15, 0.2) is 0 Å². The zero-order valence-electron chi connectivity index (χ0n) is 15.6. The first-order valence-electron chi connectivity index (χ1n) is 9.15. The third-order valence-electron chi connectivity index (χ3n) is 5.64. The van der Waals surface area contributed by atoms with Gasteiger partial charge < -0.3 is 4.90 Å². The predicted molar refractivity (Wildman–Crippen MR) is 98.0 cm³/mol. The van der Waals surface area contributed by atoms with Gasteiger partial charge in [0.2, 0.25) is 5.91 Å². The van der Waals surface area contributed by atoms with Crippen molar-refractivity contribution >= 4 is 5.91 Å². The number of piperidine rings is 1. The van der Waals surface area contributed by atoms with Crippen LogP contribution in [0.2, 0.25) is 0 Å². The molecular weight excluding hydrogens is 298 g/mol. The van der Waals surface area contributed by atoms with Crippen molar-refractivity contribution in [3.63, 3.8) is 0 Å². The lowest BCUT2D eigenvalue weighted by Gasteiger charge is -2.36. The Morgan fingerprint density at radius 1 is 1.17 bits per heavy atom. The first-order valence-corrected chi connectivity index (χ1v) is 9.15. The molecule has 0 spiro atoms. The van der Waals surface area contributed by atoms with Crippen molar-refractivity contribution < 1.29 is 4.79 Å². The fourth-order valence-electron chi connectivity index (χ4n) is 4.12. The summed E-state index contributed by atoms with van der Waals surface area (Å²) in [4.78, 5) is 18.8. The van der Waals surface area contributed by atoms with E-state index in [1.807, 2.05) is 14.1 Å². The van der Waals surface area contributed by atoms with Gasteiger partial charge >= 0.3 is 0 Å². The minimum absolute atomic E-state index is 0.220. The van der Waals surface area contributed by atoms with Crippen molar-refractivity contribution in [3.8, 4) is 0 Å². The van der Waals surface area contributed by atoms with Crippen LogP contribution in [-0.4, -0.2) is 66.9 Å². The molecule has 1 amide bonds. The number of hydrogen-bond acceptors (Lipinski definition) is 3. The van der Waals surface area contributed by atoms with Crippen LogP contribution in [0.5, 0.6) is 0 Å². The second kappa shape index (κ2) is 7.24. The van der Waals surface area contributed by atoms with Gasteiger partial charge in [0.1, 0.15) is 0 Å². The van der Waals surface area contributed by atoms with E-state index in [0.717, 1.165) is 19.6 Å². The van der Waals surface area contributed by atoms with Gasteiger partial charge in [-0.3, -0.25) is 14.6 Å². The van der Waals surface area contributed by atoms with Gasteiger partial charge in [0, 0.05) is 46.3 Å². The molecule has 24 heavy (non-hydrogen) atoms. The van der Waals surface area contributed by atoms with Gasteiger partial charge in [-0.05, 0) is 43.7 Å². The van der Waals surface area contributed by atoms with Crippen LogP contribution in [0.4, 0.5) is 0 Å². The van der Waals surface area contributed by atoms with Crippen LogP contribution in [0.25, 0.3) is 0 Å². The molecule has 0 aromatic heterocycles. The fraction of sp³-hybridized carbons (Fsp3) is 0.650. The molecule has 1 aromatic rings. The molecule has 3 aliphatic rings. The molecule has 3 heterocycles. The molecule has 0 unspecified atom stereocenters. The summed E-state index contributed by atoms with van der Waals surface area (Å²) >= 11 is 0. The quantitative estimate of drug-likeness (QED) is 0.848. The third kappa shape index (κ3) is 3.98. The average Bonchev–Trinajstić information content (AvgIpc) is 2.81. The summed E-state index contributed by atoms with van der Waals surface area (Å²) in [7, 11) is 3.70. The van der Waals surface area contributed by atoms with E-state index >= 15 is 0 Å². The monoisotopic (exact) mass is 329 g/mol. The lowest BCUT2D eigenvalue weighted by atomic mass is 9.94. The largest absolute Gasteiger partial charge is 0.348 e. The number of likely N-dealkylation sites (N-methyl/N-ethyl adjacent to an activating group) is 1. The molecular formula is C20H31N3O. The Balaban J connectivity index is 1.69. The highest BCUT2D eigenvalue weighted by molar-refractivity contribution is 5.77. The summed E-state index contributed by atoms with van der Waals surface area (Å²) in [5.74, 6) is 0.918. The van der Waals surface area contributed by atoms with E-state index in [1.54, 1.807) is 4.90 Å². The van der Waals surface area contributed by atoms with Crippen molar-refractivity contribution in [1.82, 2.24) is 14.7 Å². The molecule has 2 bridgehead atoms. The number of fused-ring (bicyclic) bond motifs is 4. The molecule has 4 nitrogen and oxygen atoms in total. The SMILES string of the molecule is Cc1ccc(C)c(CN2C[C@@H]3CC[C@H]2CN(CC(=O)N(C)C)C3)c1. The maximum atomic E-state index is 12.1. The Kier molecular flexibility index (Phi) is 5.26. The average molecular weight is 329 g/mol. The lowest BCUT2D eigenvalue weighted by molar-refractivity contribution is -0.130. The first-order chi connectivity index (χ1) is 11.4. The van der Waals surface area contributed by atoms with Crippen LogP contribution in [0, 0.1) is 19.8 Å². The summed E-state index contributed by atoms with van der Waals surface area (Å²) in [6.07, 6.45) is 2.57. The van der Waals surface area contributed by atoms with Crippen molar-refractivity contribution in [1.29, 1.82) is 0 Å². The third-order valence-corrected chi connectivity index (χ3v) is 5.64. The molecule has 2 atom stereocenters. The lowest BCUT2D eigenvalue weighted by Crippen LogP contribution is -2.44.